The summed E-state index contributed by atoms with van der Waals surface area (Å²) < 4.78 is 45.2. The number of hydrogen-bond donors (Lipinski definition) is 2. The Morgan fingerprint density at radius 3 is 2.58 bits per heavy atom. The van der Waals surface area contributed by atoms with Gasteiger partial charge in [-0.1, -0.05) is 11.6 Å². The van der Waals surface area contributed by atoms with Crippen molar-refractivity contribution in [2.45, 2.75) is 18.9 Å². The Morgan fingerprint density at radius 1 is 1.15 bits per heavy atom. The van der Waals surface area contributed by atoms with Crippen LogP contribution < -0.4 is 20.1 Å². The number of aromatic nitrogens is 1. The third-order valence-corrected chi connectivity index (χ3v) is 5.29. The van der Waals surface area contributed by atoms with Crippen molar-refractivity contribution < 1.29 is 32.6 Å². The molecule has 172 valence electrons. The van der Waals surface area contributed by atoms with Crippen LogP contribution in [0.4, 0.5) is 19.3 Å². The zero-order chi connectivity index (χ0) is 23.7. The van der Waals surface area contributed by atoms with E-state index in [0.717, 1.165) is 18.9 Å². The van der Waals surface area contributed by atoms with Crippen LogP contribution in [0.5, 0.6) is 17.2 Å². The SMILES string of the molecule is COC(=O)c1cc2c(Oc3c(F)cc(NC(=O)NC4CC4)c(Cl)c3F)ccnc2cc1OC. The first-order valence-corrected chi connectivity index (χ1v) is 10.2. The van der Waals surface area contributed by atoms with Gasteiger partial charge < -0.3 is 24.8 Å². The minimum atomic E-state index is -1.20. The van der Waals surface area contributed by atoms with E-state index in [2.05, 4.69) is 15.6 Å². The normalized spacial score (nSPS) is 12.9. The maximum absolute atomic E-state index is 14.9. The Bertz CT molecular complexity index is 1270. The van der Waals surface area contributed by atoms with E-state index in [0.29, 0.717) is 5.52 Å². The third kappa shape index (κ3) is 4.61. The van der Waals surface area contributed by atoms with Crippen molar-refractivity contribution in [1.29, 1.82) is 0 Å². The molecule has 33 heavy (non-hydrogen) atoms. The molecule has 0 bridgehead atoms. The Labute approximate surface area is 191 Å². The highest BCUT2D eigenvalue weighted by molar-refractivity contribution is 6.34. The summed E-state index contributed by atoms with van der Waals surface area (Å²) in [6.45, 7) is 0. The molecule has 0 atom stereocenters. The summed E-state index contributed by atoms with van der Waals surface area (Å²) in [5, 5.41) is 4.72. The first-order chi connectivity index (χ1) is 15.8. The Kier molecular flexibility index (Phi) is 6.19. The molecule has 2 aromatic carbocycles. The van der Waals surface area contributed by atoms with Crippen molar-refractivity contribution in [3.8, 4) is 17.2 Å². The van der Waals surface area contributed by atoms with Gasteiger partial charge in [-0.3, -0.25) is 4.98 Å². The van der Waals surface area contributed by atoms with Gasteiger partial charge in [0.1, 0.15) is 22.1 Å². The highest BCUT2D eigenvalue weighted by Gasteiger charge is 2.26. The van der Waals surface area contributed by atoms with Crippen LogP contribution in [0.1, 0.15) is 23.2 Å². The van der Waals surface area contributed by atoms with E-state index >= 15 is 0 Å². The summed E-state index contributed by atoms with van der Waals surface area (Å²) in [7, 11) is 2.58. The van der Waals surface area contributed by atoms with Gasteiger partial charge in [0.2, 0.25) is 0 Å². The zero-order valence-corrected chi connectivity index (χ0v) is 18.3. The molecule has 1 aliphatic rings. The standard InChI is InChI=1S/C22H18ClF2N3O5/c1-31-17-9-14-11(7-12(17)21(29)32-2)16(5-6-26-14)33-20-13(24)8-15(18(23)19(20)25)28-22(30)27-10-3-4-10/h5-10H,3-4H2,1-2H3,(H2,27,28,30). The van der Waals surface area contributed by atoms with Gasteiger partial charge in [0.25, 0.3) is 0 Å². The van der Waals surface area contributed by atoms with Crippen LogP contribution in [-0.4, -0.2) is 37.2 Å². The van der Waals surface area contributed by atoms with Gasteiger partial charge in [-0.05, 0) is 25.0 Å². The summed E-state index contributed by atoms with van der Waals surface area (Å²) in [5.41, 5.74) is 0.180. The number of amides is 2. The van der Waals surface area contributed by atoms with Gasteiger partial charge in [-0.25, -0.2) is 18.4 Å². The predicted molar refractivity (Wildman–Crippen MR) is 116 cm³/mol. The maximum atomic E-state index is 14.9. The van der Waals surface area contributed by atoms with Crippen LogP contribution in [0, 0.1) is 11.6 Å². The van der Waals surface area contributed by atoms with E-state index in [4.69, 9.17) is 25.8 Å². The number of esters is 1. The first kappa shape index (κ1) is 22.5. The Balaban J connectivity index is 1.71. The van der Waals surface area contributed by atoms with Gasteiger partial charge in [-0.15, -0.1) is 0 Å². The quantitative estimate of drug-likeness (QED) is 0.381. The minimum Gasteiger partial charge on any atom is -0.496 e. The molecule has 1 heterocycles. The molecule has 1 aliphatic carbocycles. The smallest absolute Gasteiger partial charge is 0.341 e. The zero-order valence-electron chi connectivity index (χ0n) is 17.5. The van der Waals surface area contributed by atoms with Gasteiger partial charge in [0, 0.05) is 29.8 Å². The van der Waals surface area contributed by atoms with E-state index in [-0.39, 0.29) is 34.2 Å². The highest BCUT2D eigenvalue weighted by atomic mass is 35.5. The number of hydrogen-bond acceptors (Lipinski definition) is 6. The number of carbonyl (C=O) groups excluding carboxylic acids is 2. The average molecular weight is 478 g/mol. The van der Waals surface area contributed by atoms with Gasteiger partial charge in [0.05, 0.1) is 25.4 Å². The van der Waals surface area contributed by atoms with Crippen molar-refractivity contribution in [2.24, 2.45) is 0 Å². The lowest BCUT2D eigenvalue weighted by molar-refractivity contribution is 0.0597. The Hall–Kier alpha value is -3.66. The number of urea groups is 1. The minimum absolute atomic E-state index is 0.00820. The summed E-state index contributed by atoms with van der Waals surface area (Å²) >= 11 is 6.02. The Morgan fingerprint density at radius 2 is 1.91 bits per heavy atom. The van der Waals surface area contributed by atoms with Crippen LogP contribution in [0.3, 0.4) is 0 Å². The summed E-state index contributed by atoms with van der Waals surface area (Å²) in [4.78, 5) is 28.2. The summed E-state index contributed by atoms with van der Waals surface area (Å²) in [6, 6.07) is 4.53. The van der Waals surface area contributed by atoms with E-state index in [1.54, 1.807) is 0 Å². The molecule has 0 saturated heterocycles. The van der Waals surface area contributed by atoms with Gasteiger partial charge in [-0.2, -0.15) is 0 Å². The number of methoxy groups -OCH3 is 2. The van der Waals surface area contributed by atoms with Crippen molar-refractivity contribution in [2.75, 3.05) is 19.5 Å². The molecule has 0 unspecified atom stereocenters. The number of halogens is 3. The van der Waals surface area contributed by atoms with E-state index < -0.39 is 34.4 Å². The number of benzene rings is 2. The van der Waals surface area contributed by atoms with Crippen LogP contribution >= 0.6 is 11.6 Å². The molecule has 2 amide bonds. The topological polar surface area (TPSA) is 98.8 Å². The summed E-state index contributed by atoms with van der Waals surface area (Å²) in [6.07, 6.45) is 3.06. The van der Waals surface area contributed by atoms with Gasteiger partial charge in [0.15, 0.2) is 17.4 Å². The van der Waals surface area contributed by atoms with E-state index in [1.807, 2.05) is 0 Å². The van der Waals surface area contributed by atoms with Crippen molar-refractivity contribution in [3.05, 3.63) is 52.7 Å². The molecular weight excluding hydrogens is 460 g/mol. The number of anilines is 1. The van der Waals surface area contributed by atoms with Crippen LogP contribution in [0.2, 0.25) is 5.02 Å². The lowest BCUT2D eigenvalue weighted by Gasteiger charge is -2.15. The summed E-state index contributed by atoms with van der Waals surface area (Å²) in [5.74, 6) is -3.54. The molecule has 1 aromatic heterocycles. The molecule has 0 spiro atoms. The van der Waals surface area contributed by atoms with Crippen LogP contribution in [0.25, 0.3) is 10.9 Å². The second-order valence-electron chi connectivity index (χ2n) is 7.21. The molecule has 8 nitrogen and oxygen atoms in total. The molecule has 0 radical (unpaired) electrons. The number of nitrogens with zero attached hydrogens (tertiary/aromatic N) is 1. The van der Waals surface area contributed by atoms with Gasteiger partial charge >= 0.3 is 12.0 Å². The average Bonchev–Trinajstić information content (AvgIpc) is 3.62. The second kappa shape index (κ2) is 9.07. The molecule has 3 aromatic rings. The largest absolute Gasteiger partial charge is 0.496 e. The number of fused-ring (bicyclic) bond motifs is 1. The maximum Gasteiger partial charge on any atom is 0.341 e. The third-order valence-electron chi connectivity index (χ3n) is 4.92. The molecule has 11 heteroatoms. The fourth-order valence-electron chi connectivity index (χ4n) is 3.12. The van der Waals surface area contributed by atoms with Crippen LogP contribution in [0.15, 0.2) is 30.5 Å². The van der Waals surface area contributed by atoms with Crippen molar-refractivity contribution in [1.82, 2.24) is 10.3 Å². The molecule has 2 N–H and O–H groups in total. The second-order valence-corrected chi connectivity index (χ2v) is 7.59. The number of nitrogens with one attached hydrogen (secondary N) is 2. The van der Waals surface area contributed by atoms with Crippen molar-refractivity contribution >= 4 is 40.2 Å². The number of carbonyl (C=O) groups is 2. The first-order valence-electron chi connectivity index (χ1n) is 9.80. The highest BCUT2D eigenvalue weighted by Crippen LogP contribution is 2.39. The molecule has 1 fully saturated rings. The molecule has 0 aliphatic heterocycles. The van der Waals surface area contributed by atoms with Crippen molar-refractivity contribution in [3.63, 3.8) is 0 Å². The van der Waals surface area contributed by atoms with Crippen LogP contribution in [-0.2, 0) is 4.74 Å². The van der Waals surface area contributed by atoms with E-state index in [9.17, 15) is 18.4 Å². The predicted octanol–water partition coefficient (Wildman–Crippen LogP) is 5.04. The number of rotatable bonds is 6. The monoisotopic (exact) mass is 477 g/mol. The van der Waals surface area contributed by atoms with E-state index in [1.165, 1.54) is 38.6 Å². The lowest BCUT2D eigenvalue weighted by atomic mass is 10.1. The lowest BCUT2D eigenvalue weighted by Crippen LogP contribution is -2.30. The fraction of sp³-hybridized carbons (Fsp3) is 0.227. The molecular formula is C22H18ClF2N3O5. The molecule has 4 rings (SSSR count). The fourth-order valence-corrected chi connectivity index (χ4v) is 3.31. The molecule has 1 saturated carbocycles. The number of pyridine rings is 1. The number of ether oxygens (including phenoxy) is 3.